The number of carbonyl (C=O) groups excluding carboxylic acids is 2. The van der Waals surface area contributed by atoms with E-state index in [2.05, 4.69) is 15.3 Å². The predicted molar refractivity (Wildman–Crippen MR) is 124 cm³/mol. The summed E-state index contributed by atoms with van der Waals surface area (Å²) in [5, 5.41) is 4.66. The largest absolute Gasteiger partial charge is 0.306 e. The molecule has 0 radical (unpaired) electrons. The molecule has 4 rings (SSSR count). The number of hydrogen-bond donors (Lipinski definition) is 1. The number of benzene rings is 2. The normalized spacial score (nSPS) is 10.7. The lowest BCUT2D eigenvalue weighted by atomic mass is 10.1. The van der Waals surface area contributed by atoms with Crippen LogP contribution in [-0.2, 0) is 11.3 Å². The molecular weight excluding hydrogens is 443 g/mol. The van der Waals surface area contributed by atoms with Crippen LogP contribution < -0.4 is 10.9 Å². The molecule has 1 N–H and O–H groups in total. The molecule has 9 heteroatoms. The maximum absolute atomic E-state index is 13.2. The Morgan fingerprint density at radius 2 is 1.82 bits per heavy atom. The van der Waals surface area contributed by atoms with Crippen molar-refractivity contribution >= 4 is 28.8 Å². The highest BCUT2D eigenvalue weighted by Gasteiger charge is 2.17. The first-order valence-corrected chi connectivity index (χ1v) is 11.0. The second-order valence-corrected chi connectivity index (χ2v) is 8.06. The Labute approximate surface area is 192 Å². The molecule has 2 aromatic carbocycles. The van der Waals surface area contributed by atoms with Gasteiger partial charge in [-0.2, -0.15) is 0 Å². The molecule has 2 aromatic heterocycles. The van der Waals surface area contributed by atoms with Gasteiger partial charge in [0.1, 0.15) is 16.5 Å². The SMILES string of the molecule is CCC(=O)Nc1ncc(-c2ccccc2)n(Cc2nc(C(=O)c3ccc(F)cc3)cs2)c1=O. The molecule has 33 heavy (non-hydrogen) atoms. The number of anilines is 1. The number of amides is 1. The highest BCUT2D eigenvalue weighted by atomic mass is 32.1. The smallest absolute Gasteiger partial charge is 0.294 e. The van der Waals surface area contributed by atoms with E-state index >= 15 is 0 Å². The molecule has 0 saturated heterocycles. The fourth-order valence-corrected chi connectivity index (χ4v) is 3.92. The zero-order valence-corrected chi connectivity index (χ0v) is 18.4. The lowest BCUT2D eigenvalue weighted by Crippen LogP contribution is -2.28. The summed E-state index contributed by atoms with van der Waals surface area (Å²) in [7, 11) is 0. The zero-order chi connectivity index (χ0) is 23.4. The molecular formula is C24H19FN4O3S. The third kappa shape index (κ3) is 4.93. The van der Waals surface area contributed by atoms with E-state index in [4.69, 9.17) is 0 Å². The van der Waals surface area contributed by atoms with E-state index in [0.29, 0.717) is 16.3 Å². The third-order valence-electron chi connectivity index (χ3n) is 4.89. The van der Waals surface area contributed by atoms with Crippen LogP contribution in [0.4, 0.5) is 10.2 Å². The van der Waals surface area contributed by atoms with Gasteiger partial charge in [-0.1, -0.05) is 37.3 Å². The van der Waals surface area contributed by atoms with E-state index in [9.17, 15) is 18.8 Å². The monoisotopic (exact) mass is 462 g/mol. The fraction of sp³-hybridized carbons (Fsp3) is 0.125. The third-order valence-corrected chi connectivity index (χ3v) is 5.72. The highest BCUT2D eigenvalue weighted by Crippen LogP contribution is 2.21. The Kier molecular flexibility index (Phi) is 6.50. The van der Waals surface area contributed by atoms with Gasteiger partial charge >= 0.3 is 0 Å². The number of nitrogens with zero attached hydrogens (tertiary/aromatic N) is 3. The maximum atomic E-state index is 13.2. The molecule has 7 nitrogen and oxygen atoms in total. The van der Waals surface area contributed by atoms with E-state index in [-0.39, 0.29) is 36.2 Å². The first kappa shape index (κ1) is 22.2. The molecule has 0 saturated carbocycles. The molecule has 1 amide bonds. The van der Waals surface area contributed by atoms with Gasteiger partial charge < -0.3 is 5.32 Å². The summed E-state index contributed by atoms with van der Waals surface area (Å²) < 4.78 is 14.6. The minimum absolute atomic E-state index is 0.0688. The van der Waals surface area contributed by atoms with Crippen molar-refractivity contribution in [3.05, 3.63) is 98.6 Å². The van der Waals surface area contributed by atoms with Gasteiger partial charge in [0, 0.05) is 17.4 Å². The number of halogens is 1. The summed E-state index contributed by atoms with van der Waals surface area (Å²) in [5.74, 6) is -1.15. The summed E-state index contributed by atoms with van der Waals surface area (Å²) in [6.07, 6.45) is 1.74. The molecule has 0 aliphatic rings. The molecule has 0 fully saturated rings. The molecule has 2 heterocycles. The van der Waals surface area contributed by atoms with Crippen LogP contribution in [0.2, 0.25) is 0 Å². The summed E-state index contributed by atoms with van der Waals surface area (Å²) in [4.78, 5) is 46.2. The van der Waals surface area contributed by atoms with Crippen LogP contribution in [0.25, 0.3) is 11.3 Å². The Morgan fingerprint density at radius 3 is 2.52 bits per heavy atom. The van der Waals surface area contributed by atoms with Crippen molar-refractivity contribution in [2.75, 3.05) is 5.32 Å². The number of ketones is 1. The fourth-order valence-electron chi connectivity index (χ4n) is 3.16. The van der Waals surface area contributed by atoms with Crippen LogP contribution in [0.5, 0.6) is 0 Å². The number of nitrogens with one attached hydrogen (secondary N) is 1. The minimum Gasteiger partial charge on any atom is -0.306 e. The van der Waals surface area contributed by atoms with Crippen LogP contribution in [0.1, 0.15) is 34.4 Å². The molecule has 166 valence electrons. The topological polar surface area (TPSA) is 93.9 Å². The molecule has 0 bridgehead atoms. The van der Waals surface area contributed by atoms with E-state index in [1.165, 1.54) is 46.4 Å². The average Bonchev–Trinajstić information content (AvgIpc) is 3.31. The quantitative estimate of drug-likeness (QED) is 0.417. The Balaban J connectivity index is 1.70. The second kappa shape index (κ2) is 9.66. The van der Waals surface area contributed by atoms with Gasteiger partial charge in [-0.25, -0.2) is 14.4 Å². The Hall–Kier alpha value is -3.98. The van der Waals surface area contributed by atoms with Gasteiger partial charge in [-0.3, -0.25) is 19.0 Å². The van der Waals surface area contributed by atoms with Gasteiger partial charge in [-0.05, 0) is 29.8 Å². The van der Waals surface area contributed by atoms with Crippen molar-refractivity contribution in [3.63, 3.8) is 0 Å². The van der Waals surface area contributed by atoms with E-state index in [0.717, 1.165) is 5.56 Å². The highest BCUT2D eigenvalue weighted by molar-refractivity contribution is 7.09. The molecule has 0 aliphatic heterocycles. The average molecular weight is 463 g/mol. The van der Waals surface area contributed by atoms with Crippen molar-refractivity contribution < 1.29 is 14.0 Å². The van der Waals surface area contributed by atoms with Crippen molar-refractivity contribution in [1.82, 2.24) is 14.5 Å². The number of carbonyl (C=O) groups is 2. The predicted octanol–water partition coefficient (Wildman–Crippen LogP) is 4.13. The van der Waals surface area contributed by atoms with Gasteiger partial charge in [0.2, 0.25) is 11.7 Å². The van der Waals surface area contributed by atoms with Gasteiger partial charge in [0.25, 0.3) is 5.56 Å². The summed E-state index contributed by atoms with van der Waals surface area (Å²) in [6, 6.07) is 14.5. The standard InChI is InChI=1S/C24H19FN4O3S/c1-2-20(30)28-23-24(32)29(19(12-26-23)15-6-4-3-5-7-15)13-21-27-18(14-33-21)22(31)16-8-10-17(25)11-9-16/h3-12,14H,2,13H2,1H3,(H,26,28,30). The van der Waals surface area contributed by atoms with Crippen molar-refractivity contribution in [3.8, 4) is 11.3 Å². The Morgan fingerprint density at radius 1 is 1.09 bits per heavy atom. The molecule has 0 spiro atoms. The maximum Gasteiger partial charge on any atom is 0.294 e. The van der Waals surface area contributed by atoms with Crippen LogP contribution in [0.15, 0.2) is 71.0 Å². The second-order valence-electron chi connectivity index (χ2n) is 7.11. The summed E-state index contributed by atoms with van der Waals surface area (Å²) >= 11 is 1.23. The van der Waals surface area contributed by atoms with Crippen LogP contribution >= 0.6 is 11.3 Å². The number of hydrogen-bond acceptors (Lipinski definition) is 6. The van der Waals surface area contributed by atoms with Crippen LogP contribution in [0.3, 0.4) is 0 Å². The lowest BCUT2D eigenvalue weighted by Gasteiger charge is -2.13. The molecule has 0 aliphatic carbocycles. The van der Waals surface area contributed by atoms with Gasteiger partial charge in [0.05, 0.1) is 18.4 Å². The molecule has 0 atom stereocenters. The minimum atomic E-state index is -0.472. The van der Waals surface area contributed by atoms with E-state index in [1.807, 2.05) is 30.3 Å². The number of aromatic nitrogens is 3. The molecule has 4 aromatic rings. The van der Waals surface area contributed by atoms with Crippen molar-refractivity contribution in [2.45, 2.75) is 19.9 Å². The Bertz CT molecular complexity index is 1360. The summed E-state index contributed by atoms with van der Waals surface area (Å²) in [6.45, 7) is 1.77. The molecule has 0 unspecified atom stereocenters. The van der Waals surface area contributed by atoms with Gasteiger partial charge in [0.15, 0.2) is 5.82 Å². The van der Waals surface area contributed by atoms with E-state index in [1.54, 1.807) is 12.3 Å². The first-order valence-electron chi connectivity index (χ1n) is 10.2. The number of rotatable bonds is 7. The number of thiazole rings is 1. The van der Waals surface area contributed by atoms with Crippen LogP contribution in [0, 0.1) is 5.82 Å². The van der Waals surface area contributed by atoms with Crippen molar-refractivity contribution in [2.24, 2.45) is 0 Å². The lowest BCUT2D eigenvalue weighted by molar-refractivity contribution is -0.115. The van der Waals surface area contributed by atoms with Gasteiger partial charge in [-0.15, -0.1) is 11.3 Å². The zero-order valence-electron chi connectivity index (χ0n) is 17.6. The van der Waals surface area contributed by atoms with E-state index < -0.39 is 11.4 Å². The summed E-state index contributed by atoms with van der Waals surface area (Å²) in [5.41, 5.74) is 1.39. The van der Waals surface area contributed by atoms with Crippen molar-refractivity contribution in [1.29, 1.82) is 0 Å². The van der Waals surface area contributed by atoms with Crippen LogP contribution in [-0.4, -0.2) is 26.2 Å². The first-order chi connectivity index (χ1) is 16.0.